The van der Waals surface area contributed by atoms with Crippen molar-refractivity contribution in [2.24, 2.45) is 0 Å². The Hall–Kier alpha value is -4.24. The standard InChI is InChI=1S/C29H24O3/c1-32-29-20-24(13-7-21-9-15-26(30)16-10-21)28(23-5-3-2-4-6-23)19-25(29)14-8-22-11-17-27(31)18-12-22/h2-20,30-31H,1H3/b13-7+,14-8+. The maximum atomic E-state index is 9.52. The monoisotopic (exact) mass is 420 g/mol. The molecule has 3 heteroatoms. The molecular weight excluding hydrogens is 396 g/mol. The van der Waals surface area contributed by atoms with E-state index in [1.54, 1.807) is 31.4 Å². The van der Waals surface area contributed by atoms with E-state index in [0.717, 1.165) is 39.1 Å². The van der Waals surface area contributed by atoms with Crippen LogP contribution in [0.15, 0.2) is 91.0 Å². The van der Waals surface area contributed by atoms with Crippen LogP contribution in [0.4, 0.5) is 0 Å². The molecule has 0 spiro atoms. The molecule has 4 aromatic rings. The van der Waals surface area contributed by atoms with Crippen LogP contribution in [-0.2, 0) is 0 Å². The van der Waals surface area contributed by atoms with E-state index in [1.807, 2.05) is 66.8 Å². The molecule has 158 valence electrons. The van der Waals surface area contributed by atoms with Gasteiger partial charge in [-0.3, -0.25) is 0 Å². The predicted octanol–water partition coefficient (Wildman–Crippen LogP) is 7.11. The molecule has 4 aromatic carbocycles. The zero-order valence-corrected chi connectivity index (χ0v) is 17.8. The van der Waals surface area contributed by atoms with E-state index < -0.39 is 0 Å². The highest BCUT2D eigenvalue weighted by Crippen LogP contribution is 2.33. The van der Waals surface area contributed by atoms with Gasteiger partial charge >= 0.3 is 0 Å². The van der Waals surface area contributed by atoms with Crippen LogP contribution < -0.4 is 4.74 Å². The van der Waals surface area contributed by atoms with Crippen LogP contribution in [0, 0.1) is 0 Å². The number of benzene rings is 4. The van der Waals surface area contributed by atoms with Gasteiger partial charge in [-0.05, 0) is 64.2 Å². The van der Waals surface area contributed by atoms with Gasteiger partial charge in [0.1, 0.15) is 17.2 Å². The van der Waals surface area contributed by atoms with Gasteiger partial charge in [0.2, 0.25) is 0 Å². The molecule has 4 rings (SSSR count). The maximum Gasteiger partial charge on any atom is 0.126 e. The van der Waals surface area contributed by atoms with E-state index in [1.165, 1.54) is 0 Å². The third kappa shape index (κ3) is 5.08. The summed E-state index contributed by atoms with van der Waals surface area (Å²) in [6.45, 7) is 0. The summed E-state index contributed by atoms with van der Waals surface area (Å²) in [4.78, 5) is 0. The third-order valence-corrected chi connectivity index (χ3v) is 5.18. The molecule has 3 nitrogen and oxygen atoms in total. The molecule has 0 unspecified atom stereocenters. The second kappa shape index (κ2) is 9.71. The number of ether oxygens (including phenoxy) is 1. The normalized spacial score (nSPS) is 11.3. The first kappa shape index (κ1) is 21.0. The molecule has 0 fully saturated rings. The summed E-state index contributed by atoms with van der Waals surface area (Å²) in [5.41, 5.74) is 6.18. The molecule has 32 heavy (non-hydrogen) atoms. The third-order valence-electron chi connectivity index (χ3n) is 5.18. The average molecular weight is 421 g/mol. The lowest BCUT2D eigenvalue weighted by Crippen LogP contribution is -1.92. The minimum Gasteiger partial charge on any atom is -0.508 e. The molecule has 0 saturated carbocycles. The zero-order valence-electron chi connectivity index (χ0n) is 17.8. The molecule has 0 radical (unpaired) electrons. The molecular formula is C29H24O3. The minimum absolute atomic E-state index is 0.246. The summed E-state index contributed by atoms with van der Waals surface area (Å²) in [7, 11) is 1.67. The van der Waals surface area contributed by atoms with E-state index in [-0.39, 0.29) is 11.5 Å². The first-order valence-electron chi connectivity index (χ1n) is 10.3. The Morgan fingerprint density at radius 1 is 0.594 bits per heavy atom. The van der Waals surface area contributed by atoms with Gasteiger partial charge in [-0.1, -0.05) is 78.9 Å². The van der Waals surface area contributed by atoms with Gasteiger partial charge in [0.25, 0.3) is 0 Å². The number of phenolic OH excluding ortho intramolecular Hbond substituents is 2. The summed E-state index contributed by atoms with van der Waals surface area (Å²) < 4.78 is 5.69. The fourth-order valence-corrected chi connectivity index (χ4v) is 3.47. The van der Waals surface area contributed by atoms with E-state index in [0.29, 0.717) is 0 Å². The van der Waals surface area contributed by atoms with E-state index >= 15 is 0 Å². The van der Waals surface area contributed by atoms with Crippen LogP contribution in [0.2, 0.25) is 0 Å². The van der Waals surface area contributed by atoms with Crippen molar-refractivity contribution in [2.45, 2.75) is 0 Å². The molecule has 0 aromatic heterocycles. The fourth-order valence-electron chi connectivity index (χ4n) is 3.47. The molecule has 0 aliphatic carbocycles. The van der Waals surface area contributed by atoms with Gasteiger partial charge in [-0.2, -0.15) is 0 Å². The molecule has 2 N–H and O–H groups in total. The number of methoxy groups -OCH3 is 1. The van der Waals surface area contributed by atoms with E-state index in [2.05, 4.69) is 24.3 Å². The van der Waals surface area contributed by atoms with Crippen molar-refractivity contribution in [1.29, 1.82) is 0 Å². The van der Waals surface area contributed by atoms with Gasteiger partial charge in [-0.25, -0.2) is 0 Å². The second-order valence-corrected chi connectivity index (χ2v) is 7.40. The van der Waals surface area contributed by atoms with Crippen molar-refractivity contribution in [3.8, 4) is 28.4 Å². The summed E-state index contributed by atoms with van der Waals surface area (Å²) in [6, 6.07) is 28.6. The van der Waals surface area contributed by atoms with Crippen LogP contribution >= 0.6 is 0 Å². The van der Waals surface area contributed by atoms with Crippen LogP contribution in [0.5, 0.6) is 17.2 Å². The molecule has 0 bridgehead atoms. The maximum absolute atomic E-state index is 9.52. The van der Waals surface area contributed by atoms with Gasteiger partial charge in [0, 0.05) is 5.56 Å². The Labute approximate surface area is 188 Å². The highest BCUT2D eigenvalue weighted by molar-refractivity contribution is 5.85. The zero-order chi connectivity index (χ0) is 22.3. The predicted molar refractivity (Wildman–Crippen MR) is 132 cm³/mol. The molecule has 0 aliphatic heterocycles. The van der Waals surface area contributed by atoms with Gasteiger partial charge < -0.3 is 14.9 Å². The highest BCUT2D eigenvalue weighted by Gasteiger charge is 2.09. The van der Waals surface area contributed by atoms with Gasteiger partial charge in [0.05, 0.1) is 7.11 Å². The summed E-state index contributed by atoms with van der Waals surface area (Å²) in [5, 5.41) is 19.0. The SMILES string of the molecule is COc1cc(/C=C/c2ccc(O)cc2)c(-c2ccccc2)cc1/C=C/c1ccc(O)cc1. The lowest BCUT2D eigenvalue weighted by Gasteiger charge is -2.13. The quantitative estimate of drug-likeness (QED) is 0.327. The van der Waals surface area contributed by atoms with Crippen molar-refractivity contribution in [3.63, 3.8) is 0 Å². The summed E-state index contributed by atoms with van der Waals surface area (Å²) in [6.07, 6.45) is 8.10. The number of phenols is 2. The number of aromatic hydroxyl groups is 2. The Balaban J connectivity index is 1.77. The molecule has 0 saturated heterocycles. The number of hydrogen-bond donors (Lipinski definition) is 2. The first-order valence-corrected chi connectivity index (χ1v) is 10.3. The topological polar surface area (TPSA) is 49.7 Å². The molecule has 0 heterocycles. The second-order valence-electron chi connectivity index (χ2n) is 7.40. The van der Waals surface area contributed by atoms with Crippen molar-refractivity contribution in [3.05, 3.63) is 113 Å². The van der Waals surface area contributed by atoms with Crippen molar-refractivity contribution >= 4 is 24.3 Å². The molecule has 0 aliphatic rings. The Bertz CT molecular complexity index is 1240. The van der Waals surface area contributed by atoms with Crippen molar-refractivity contribution in [1.82, 2.24) is 0 Å². The Kier molecular flexibility index (Phi) is 6.38. The average Bonchev–Trinajstić information content (AvgIpc) is 2.83. The van der Waals surface area contributed by atoms with Crippen LogP contribution in [0.3, 0.4) is 0 Å². The lowest BCUT2D eigenvalue weighted by molar-refractivity contribution is 0.414. The molecule has 0 atom stereocenters. The van der Waals surface area contributed by atoms with Crippen LogP contribution in [0.1, 0.15) is 22.3 Å². The lowest BCUT2D eigenvalue weighted by atomic mass is 9.95. The number of hydrogen-bond acceptors (Lipinski definition) is 3. The first-order chi connectivity index (χ1) is 15.6. The van der Waals surface area contributed by atoms with Crippen LogP contribution in [-0.4, -0.2) is 17.3 Å². The molecule has 0 amide bonds. The number of rotatable bonds is 6. The van der Waals surface area contributed by atoms with E-state index in [4.69, 9.17) is 4.74 Å². The largest absolute Gasteiger partial charge is 0.508 e. The summed E-state index contributed by atoms with van der Waals surface area (Å²) >= 11 is 0. The smallest absolute Gasteiger partial charge is 0.126 e. The minimum atomic E-state index is 0.246. The fraction of sp³-hybridized carbons (Fsp3) is 0.0345. The van der Waals surface area contributed by atoms with Crippen molar-refractivity contribution < 1.29 is 14.9 Å². The highest BCUT2D eigenvalue weighted by atomic mass is 16.5. The van der Waals surface area contributed by atoms with Gasteiger partial charge in [0.15, 0.2) is 0 Å². The Morgan fingerprint density at radius 3 is 1.66 bits per heavy atom. The Morgan fingerprint density at radius 2 is 1.12 bits per heavy atom. The van der Waals surface area contributed by atoms with Crippen LogP contribution in [0.25, 0.3) is 35.4 Å². The van der Waals surface area contributed by atoms with E-state index in [9.17, 15) is 10.2 Å². The van der Waals surface area contributed by atoms with Gasteiger partial charge in [-0.15, -0.1) is 0 Å². The summed E-state index contributed by atoms with van der Waals surface area (Å²) in [5.74, 6) is 1.26. The van der Waals surface area contributed by atoms with Crippen molar-refractivity contribution in [2.75, 3.05) is 7.11 Å².